The predicted octanol–water partition coefficient (Wildman–Crippen LogP) is 4.87. The van der Waals surface area contributed by atoms with Gasteiger partial charge in [0.1, 0.15) is 28.4 Å². The van der Waals surface area contributed by atoms with Crippen LogP contribution in [0.4, 0.5) is 20.3 Å². The third-order valence-corrected chi connectivity index (χ3v) is 4.12. The number of nitrogens with zero attached hydrogens (tertiary/aromatic N) is 2. The Morgan fingerprint density at radius 1 is 1.19 bits per heavy atom. The second kappa shape index (κ2) is 5.85. The first-order valence-corrected chi connectivity index (χ1v) is 7.63. The van der Waals surface area contributed by atoms with E-state index < -0.39 is 11.6 Å². The summed E-state index contributed by atoms with van der Waals surface area (Å²) in [4.78, 5) is 8.49. The summed E-state index contributed by atoms with van der Waals surface area (Å²) in [5.41, 5.74) is 0.264. The summed E-state index contributed by atoms with van der Waals surface area (Å²) in [6.07, 6.45) is 3.14. The van der Waals surface area contributed by atoms with Crippen molar-refractivity contribution >= 4 is 39.0 Å². The Balaban J connectivity index is 1.85. The van der Waals surface area contributed by atoms with Gasteiger partial charge in [0.05, 0.1) is 4.47 Å². The highest BCUT2D eigenvalue weighted by Crippen LogP contribution is 2.32. The maximum Gasteiger partial charge on any atom is 0.142 e. The van der Waals surface area contributed by atoms with Crippen LogP contribution >= 0.6 is 27.5 Å². The van der Waals surface area contributed by atoms with Crippen LogP contribution in [0.15, 0.2) is 22.7 Å². The lowest BCUT2D eigenvalue weighted by Gasteiger charge is -2.09. The second-order valence-corrected chi connectivity index (χ2v) is 6.20. The molecule has 3 nitrogen and oxygen atoms in total. The third kappa shape index (κ3) is 3.68. The maximum absolute atomic E-state index is 13.5. The molecule has 0 radical (unpaired) electrons. The van der Waals surface area contributed by atoms with Gasteiger partial charge in [0.25, 0.3) is 0 Å². The van der Waals surface area contributed by atoms with Crippen LogP contribution in [0.3, 0.4) is 0 Å². The van der Waals surface area contributed by atoms with Gasteiger partial charge in [-0.3, -0.25) is 0 Å². The van der Waals surface area contributed by atoms with Gasteiger partial charge in [-0.2, -0.15) is 0 Å². The van der Waals surface area contributed by atoms with E-state index in [4.69, 9.17) is 11.6 Å². The SMILES string of the molecule is Fc1cc(Nc2cc(Cl)nc(CC3CC3)n2)cc(F)c1Br. The molecule has 1 aromatic carbocycles. The quantitative estimate of drug-likeness (QED) is 0.613. The van der Waals surface area contributed by atoms with Crippen molar-refractivity contribution in [2.75, 3.05) is 5.32 Å². The minimum absolute atomic E-state index is 0.191. The van der Waals surface area contributed by atoms with E-state index in [0.29, 0.717) is 22.7 Å². The van der Waals surface area contributed by atoms with E-state index in [2.05, 4.69) is 31.2 Å². The van der Waals surface area contributed by atoms with Gasteiger partial charge in [-0.25, -0.2) is 18.7 Å². The van der Waals surface area contributed by atoms with Crippen LogP contribution in [0.1, 0.15) is 18.7 Å². The molecule has 0 bridgehead atoms. The molecule has 0 saturated heterocycles. The Kier molecular flexibility index (Phi) is 4.08. The zero-order valence-corrected chi connectivity index (χ0v) is 13.2. The van der Waals surface area contributed by atoms with Crippen molar-refractivity contribution in [2.24, 2.45) is 5.92 Å². The molecule has 1 heterocycles. The molecule has 1 N–H and O–H groups in total. The molecule has 1 aliphatic carbocycles. The molecule has 0 aliphatic heterocycles. The lowest BCUT2D eigenvalue weighted by atomic mass is 10.2. The summed E-state index contributed by atoms with van der Waals surface area (Å²) in [5, 5.41) is 3.16. The average molecular weight is 375 g/mol. The van der Waals surface area contributed by atoms with Gasteiger partial charge in [-0.15, -0.1) is 0 Å². The van der Waals surface area contributed by atoms with Crippen LogP contribution < -0.4 is 5.32 Å². The summed E-state index contributed by atoms with van der Waals surface area (Å²) in [6, 6.07) is 3.89. The normalized spacial score (nSPS) is 14.3. The molecule has 3 rings (SSSR count). The lowest BCUT2D eigenvalue weighted by Crippen LogP contribution is -2.02. The van der Waals surface area contributed by atoms with Crippen LogP contribution in [0.25, 0.3) is 0 Å². The number of rotatable bonds is 4. The van der Waals surface area contributed by atoms with Gasteiger partial charge in [-0.1, -0.05) is 11.6 Å². The van der Waals surface area contributed by atoms with Gasteiger partial charge in [0, 0.05) is 18.2 Å². The zero-order chi connectivity index (χ0) is 15.0. The first-order chi connectivity index (χ1) is 10.0. The minimum Gasteiger partial charge on any atom is -0.340 e. The van der Waals surface area contributed by atoms with E-state index in [-0.39, 0.29) is 10.2 Å². The topological polar surface area (TPSA) is 37.8 Å². The zero-order valence-electron chi connectivity index (χ0n) is 10.8. The molecule has 1 aromatic heterocycles. The molecule has 0 atom stereocenters. The molecule has 2 aromatic rings. The maximum atomic E-state index is 13.5. The van der Waals surface area contributed by atoms with E-state index in [0.717, 1.165) is 6.42 Å². The van der Waals surface area contributed by atoms with Crippen LogP contribution in [-0.2, 0) is 6.42 Å². The van der Waals surface area contributed by atoms with E-state index in [1.807, 2.05) is 0 Å². The molecular formula is C14H11BrClF2N3. The molecule has 21 heavy (non-hydrogen) atoms. The Morgan fingerprint density at radius 3 is 2.48 bits per heavy atom. The monoisotopic (exact) mass is 373 g/mol. The van der Waals surface area contributed by atoms with Crippen LogP contribution in [0, 0.1) is 17.6 Å². The molecule has 0 unspecified atom stereocenters. The van der Waals surface area contributed by atoms with E-state index >= 15 is 0 Å². The molecule has 1 fully saturated rings. The highest BCUT2D eigenvalue weighted by Gasteiger charge is 2.23. The fourth-order valence-corrected chi connectivity index (χ4v) is 2.41. The Bertz CT molecular complexity index is 669. The van der Waals surface area contributed by atoms with Crippen molar-refractivity contribution < 1.29 is 8.78 Å². The van der Waals surface area contributed by atoms with Crippen molar-refractivity contribution in [2.45, 2.75) is 19.3 Å². The van der Waals surface area contributed by atoms with Crippen molar-refractivity contribution in [1.29, 1.82) is 0 Å². The van der Waals surface area contributed by atoms with Gasteiger partial charge < -0.3 is 5.32 Å². The van der Waals surface area contributed by atoms with Crippen LogP contribution in [0.2, 0.25) is 5.15 Å². The standard InChI is InChI=1S/C14H11BrClF2N3/c15-14-9(17)4-8(5-10(14)18)19-13-6-11(16)20-12(21-13)3-7-1-2-7/h4-7H,1-3H2,(H,19,20,21). The largest absolute Gasteiger partial charge is 0.340 e. The summed E-state index contributed by atoms with van der Waals surface area (Å²) in [7, 11) is 0. The molecule has 0 amide bonds. The summed E-state index contributed by atoms with van der Waals surface area (Å²) in [6.45, 7) is 0. The molecular weight excluding hydrogens is 364 g/mol. The summed E-state index contributed by atoms with van der Waals surface area (Å²) in [5.74, 6) is 0.322. The minimum atomic E-state index is -0.684. The van der Waals surface area contributed by atoms with Crippen molar-refractivity contribution in [3.63, 3.8) is 0 Å². The van der Waals surface area contributed by atoms with Gasteiger partial charge >= 0.3 is 0 Å². The van der Waals surface area contributed by atoms with Crippen molar-refractivity contribution in [3.8, 4) is 0 Å². The number of anilines is 2. The van der Waals surface area contributed by atoms with E-state index in [9.17, 15) is 8.78 Å². The van der Waals surface area contributed by atoms with Gasteiger partial charge in [0.2, 0.25) is 0 Å². The summed E-state index contributed by atoms with van der Waals surface area (Å²) < 4.78 is 26.8. The van der Waals surface area contributed by atoms with Crippen LogP contribution in [0.5, 0.6) is 0 Å². The molecule has 110 valence electrons. The molecule has 1 aliphatic rings. The molecule has 7 heteroatoms. The predicted molar refractivity (Wildman–Crippen MR) is 80.8 cm³/mol. The fourth-order valence-electron chi connectivity index (χ4n) is 1.98. The van der Waals surface area contributed by atoms with Crippen molar-refractivity contribution in [3.05, 3.63) is 45.3 Å². The average Bonchev–Trinajstić information content (AvgIpc) is 3.19. The number of benzene rings is 1. The summed E-state index contributed by atoms with van der Waals surface area (Å²) >= 11 is 8.79. The van der Waals surface area contributed by atoms with E-state index in [1.165, 1.54) is 31.0 Å². The molecule has 1 saturated carbocycles. The Labute approximate surface area is 133 Å². The smallest absolute Gasteiger partial charge is 0.142 e. The number of aromatic nitrogens is 2. The number of halogens is 4. The second-order valence-electron chi connectivity index (χ2n) is 5.02. The fraction of sp³-hybridized carbons (Fsp3) is 0.286. The Hall–Kier alpha value is -1.27. The highest BCUT2D eigenvalue weighted by atomic mass is 79.9. The van der Waals surface area contributed by atoms with Crippen LogP contribution in [-0.4, -0.2) is 9.97 Å². The lowest BCUT2D eigenvalue weighted by molar-refractivity contribution is 0.573. The van der Waals surface area contributed by atoms with Gasteiger partial charge in [0.15, 0.2) is 0 Å². The number of nitrogens with one attached hydrogen (secondary N) is 1. The molecule has 0 spiro atoms. The highest BCUT2D eigenvalue weighted by molar-refractivity contribution is 9.10. The first kappa shape index (κ1) is 14.7. The number of hydrogen-bond acceptors (Lipinski definition) is 3. The number of hydrogen-bond donors (Lipinski definition) is 1. The Morgan fingerprint density at radius 2 is 1.86 bits per heavy atom. The van der Waals surface area contributed by atoms with Crippen molar-refractivity contribution in [1.82, 2.24) is 9.97 Å². The first-order valence-electron chi connectivity index (χ1n) is 6.46. The third-order valence-electron chi connectivity index (χ3n) is 3.17. The van der Waals surface area contributed by atoms with E-state index in [1.54, 1.807) is 0 Å². The van der Waals surface area contributed by atoms with Gasteiger partial charge in [-0.05, 0) is 46.8 Å².